The van der Waals surface area contributed by atoms with Crippen LogP contribution in [0.3, 0.4) is 0 Å². The monoisotopic (exact) mass is 244 g/mol. The van der Waals surface area contributed by atoms with E-state index in [1.165, 1.54) is 9.79 Å². The first-order chi connectivity index (χ1) is 8.09. The van der Waals surface area contributed by atoms with Gasteiger partial charge < -0.3 is 0 Å². The van der Waals surface area contributed by atoms with Gasteiger partial charge >= 0.3 is 0 Å². The lowest BCUT2D eigenvalue weighted by molar-refractivity contribution is 0.791. The molecule has 0 N–H and O–H groups in total. The Morgan fingerprint density at radius 3 is 1.29 bits per heavy atom. The quantitative estimate of drug-likeness (QED) is 0.713. The smallest absolute Gasteiger partial charge is 0.00305 e. The van der Waals surface area contributed by atoms with Crippen LogP contribution >= 0.6 is 10.9 Å². The molecule has 17 heavy (non-hydrogen) atoms. The summed E-state index contributed by atoms with van der Waals surface area (Å²) >= 11 is 0. The Kier molecular flexibility index (Phi) is 3.58. The number of benzene rings is 2. The first kappa shape index (κ1) is 12.3. The summed E-state index contributed by atoms with van der Waals surface area (Å²) in [5.74, 6) is 0. The first-order valence-corrected chi connectivity index (χ1v) is 7.33. The largest absolute Gasteiger partial charge is 0.195 e. The molecule has 2 aromatic carbocycles. The molecule has 0 spiro atoms. The number of rotatable bonds is 2. The van der Waals surface area contributed by atoms with Crippen molar-refractivity contribution in [2.45, 2.75) is 35.3 Å². The predicted octanol–water partition coefficient (Wildman–Crippen LogP) is 4.90. The summed E-state index contributed by atoms with van der Waals surface area (Å²) in [5, 5.41) is 0. The van der Waals surface area contributed by atoms with Gasteiger partial charge in [-0.3, -0.25) is 0 Å². The first-order valence-electron chi connectivity index (χ1n) is 5.99. The van der Waals surface area contributed by atoms with Gasteiger partial charge in [0, 0.05) is 0 Å². The van der Waals surface area contributed by atoms with Crippen LogP contribution in [-0.2, 0) is 0 Å². The van der Waals surface area contributed by atoms with Crippen molar-refractivity contribution in [3.05, 3.63) is 60.7 Å². The van der Waals surface area contributed by atoms with E-state index >= 15 is 0 Å². The van der Waals surface area contributed by atoms with Crippen molar-refractivity contribution < 1.29 is 0 Å². The summed E-state index contributed by atoms with van der Waals surface area (Å²) in [4.78, 5) is 2.92. The molecule has 0 heterocycles. The van der Waals surface area contributed by atoms with Crippen LogP contribution in [-0.4, -0.2) is 4.75 Å². The van der Waals surface area contributed by atoms with Crippen LogP contribution in [0.2, 0.25) is 0 Å². The van der Waals surface area contributed by atoms with Gasteiger partial charge in [-0.25, -0.2) is 0 Å². The minimum atomic E-state index is -0.292. The van der Waals surface area contributed by atoms with E-state index in [-0.39, 0.29) is 15.6 Å². The number of hydrogen-bond acceptors (Lipinski definition) is 0. The van der Waals surface area contributed by atoms with Gasteiger partial charge in [-0.2, -0.15) is 10.9 Å². The summed E-state index contributed by atoms with van der Waals surface area (Å²) in [6.07, 6.45) is 0. The molecule has 0 saturated heterocycles. The van der Waals surface area contributed by atoms with Crippen LogP contribution in [0.1, 0.15) is 20.8 Å². The summed E-state index contributed by atoms with van der Waals surface area (Å²) < 4.78 is 0.290. The molecule has 0 bridgehead atoms. The molecule has 2 aromatic rings. The second-order valence-corrected chi connectivity index (χ2v) is 8.22. The minimum absolute atomic E-state index is 0.290. The molecule has 0 amide bonds. The van der Waals surface area contributed by atoms with Crippen molar-refractivity contribution in [2.75, 3.05) is 0 Å². The van der Waals surface area contributed by atoms with Gasteiger partial charge in [0.1, 0.15) is 0 Å². The van der Waals surface area contributed by atoms with Gasteiger partial charge in [0.15, 0.2) is 0 Å². The second kappa shape index (κ2) is 4.97. The van der Waals surface area contributed by atoms with E-state index in [9.17, 15) is 0 Å². The average Bonchev–Trinajstić information content (AvgIpc) is 2.30. The van der Waals surface area contributed by atoms with Crippen molar-refractivity contribution >= 4 is 10.9 Å². The van der Waals surface area contributed by atoms with Crippen molar-refractivity contribution in [1.29, 1.82) is 0 Å². The van der Waals surface area contributed by atoms with E-state index in [2.05, 4.69) is 81.4 Å². The van der Waals surface area contributed by atoms with Crippen LogP contribution in [0, 0.1) is 0 Å². The normalized spacial score (nSPS) is 12.3. The maximum absolute atomic E-state index is 2.33. The molecular weight excluding hydrogens is 224 g/mol. The fourth-order valence-electron chi connectivity index (χ4n) is 2.08. The molecule has 0 aliphatic carbocycles. The minimum Gasteiger partial charge on any atom is -0.195 e. The molecule has 0 aliphatic heterocycles. The molecule has 0 fully saturated rings. The highest BCUT2D eigenvalue weighted by molar-refractivity contribution is 8.18. The van der Waals surface area contributed by atoms with Crippen LogP contribution in [0.25, 0.3) is 0 Å². The number of thiol groups is 1. The van der Waals surface area contributed by atoms with Crippen molar-refractivity contribution in [3.8, 4) is 0 Å². The molecule has 0 atom stereocenters. The Hall–Kier alpha value is -1.21. The average molecular weight is 244 g/mol. The zero-order valence-electron chi connectivity index (χ0n) is 10.7. The third kappa shape index (κ3) is 2.92. The van der Waals surface area contributed by atoms with Gasteiger partial charge in [-0.1, -0.05) is 57.2 Å². The van der Waals surface area contributed by atoms with Crippen LogP contribution < -0.4 is 0 Å². The summed E-state index contributed by atoms with van der Waals surface area (Å²) in [7, 11) is -0.292. The fourth-order valence-corrected chi connectivity index (χ4v) is 4.87. The molecule has 0 unspecified atom stereocenters. The molecule has 0 nitrogen and oxygen atoms in total. The SMILES string of the molecule is CC(C)(C)[SH](c1ccccc1)c1ccccc1. The zero-order valence-corrected chi connectivity index (χ0v) is 11.6. The van der Waals surface area contributed by atoms with Gasteiger partial charge in [-0.15, -0.1) is 0 Å². The molecular formula is C16H20S. The molecule has 90 valence electrons. The van der Waals surface area contributed by atoms with Gasteiger partial charge in [0.05, 0.1) is 0 Å². The number of hydrogen-bond donors (Lipinski definition) is 1. The molecule has 0 aromatic heterocycles. The van der Waals surface area contributed by atoms with E-state index in [1.807, 2.05) is 0 Å². The Morgan fingerprint density at radius 1 is 0.647 bits per heavy atom. The van der Waals surface area contributed by atoms with Crippen molar-refractivity contribution in [1.82, 2.24) is 0 Å². The Balaban J connectivity index is 2.48. The van der Waals surface area contributed by atoms with E-state index in [0.29, 0.717) is 0 Å². The van der Waals surface area contributed by atoms with Crippen LogP contribution in [0.5, 0.6) is 0 Å². The lowest BCUT2D eigenvalue weighted by Crippen LogP contribution is -2.15. The molecule has 0 saturated carbocycles. The van der Waals surface area contributed by atoms with Crippen molar-refractivity contribution in [3.63, 3.8) is 0 Å². The van der Waals surface area contributed by atoms with Gasteiger partial charge in [0.25, 0.3) is 0 Å². The maximum Gasteiger partial charge on any atom is -0.00305 e. The Morgan fingerprint density at radius 2 is 1.00 bits per heavy atom. The predicted molar refractivity (Wildman–Crippen MR) is 78.2 cm³/mol. The van der Waals surface area contributed by atoms with E-state index < -0.39 is 0 Å². The highest BCUT2D eigenvalue weighted by Crippen LogP contribution is 2.53. The van der Waals surface area contributed by atoms with E-state index in [1.54, 1.807) is 0 Å². The summed E-state index contributed by atoms with van der Waals surface area (Å²) in [6, 6.07) is 21.7. The Labute approximate surface area is 107 Å². The lowest BCUT2D eigenvalue weighted by Gasteiger charge is -2.35. The van der Waals surface area contributed by atoms with Gasteiger partial charge in [-0.05, 0) is 38.8 Å². The van der Waals surface area contributed by atoms with Crippen molar-refractivity contribution in [2.24, 2.45) is 0 Å². The molecule has 0 radical (unpaired) electrons. The molecule has 1 heteroatoms. The van der Waals surface area contributed by atoms with Crippen LogP contribution in [0.4, 0.5) is 0 Å². The van der Waals surface area contributed by atoms with Crippen LogP contribution in [0.15, 0.2) is 70.5 Å². The highest BCUT2D eigenvalue weighted by atomic mass is 32.2. The Bertz CT molecular complexity index is 414. The maximum atomic E-state index is 2.33. The summed E-state index contributed by atoms with van der Waals surface area (Å²) in [6.45, 7) is 7.00. The highest BCUT2D eigenvalue weighted by Gasteiger charge is 2.23. The van der Waals surface area contributed by atoms with Gasteiger partial charge in [0.2, 0.25) is 0 Å². The third-order valence-corrected chi connectivity index (χ3v) is 5.67. The van der Waals surface area contributed by atoms with E-state index in [4.69, 9.17) is 0 Å². The molecule has 0 aliphatic rings. The third-order valence-electron chi connectivity index (χ3n) is 2.70. The summed E-state index contributed by atoms with van der Waals surface area (Å²) in [5.41, 5.74) is 0. The second-order valence-electron chi connectivity index (χ2n) is 5.18. The zero-order chi connectivity index (χ0) is 12.3. The standard InChI is InChI=1S/C16H20S/c1-16(2,3)17(14-10-6-4-7-11-14)15-12-8-5-9-13-15/h4-13,17H,1-3H3. The topological polar surface area (TPSA) is 0 Å². The lowest BCUT2D eigenvalue weighted by atomic mass is 10.3. The van der Waals surface area contributed by atoms with E-state index in [0.717, 1.165) is 0 Å². The molecule has 2 rings (SSSR count). The fraction of sp³-hybridized carbons (Fsp3) is 0.250.